The van der Waals surface area contributed by atoms with Gasteiger partial charge in [-0.25, -0.2) is 4.39 Å². The van der Waals surface area contributed by atoms with E-state index in [9.17, 15) is 4.39 Å². The molecule has 21 heavy (non-hydrogen) atoms. The normalized spacial score (nSPS) is 17.2. The highest BCUT2D eigenvalue weighted by Gasteiger charge is 2.29. The zero-order chi connectivity index (χ0) is 15.3. The van der Waals surface area contributed by atoms with E-state index in [1.807, 2.05) is 12.1 Å². The molecule has 0 bridgehead atoms. The summed E-state index contributed by atoms with van der Waals surface area (Å²) < 4.78 is 13.8. The standard InChI is InChI=1S/C17H26BrFN2/c1-3-17(4-2,13-18)14-20-9-11-21(12-10-20)16-8-6-5-7-15(16)19/h5-8H,3-4,9-14H2,1-2H3. The largest absolute Gasteiger partial charge is 0.367 e. The van der Waals surface area contributed by atoms with Crippen molar-refractivity contribution in [3.63, 3.8) is 0 Å². The molecule has 1 aliphatic rings. The lowest BCUT2D eigenvalue weighted by Gasteiger charge is -2.41. The van der Waals surface area contributed by atoms with Crippen LogP contribution in [-0.2, 0) is 0 Å². The van der Waals surface area contributed by atoms with Crippen molar-refractivity contribution in [2.45, 2.75) is 26.7 Å². The maximum Gasteiger partial charge on any atom is 0.146 e. The first-order valence-corrected chi connectivity index (χ1v) is 9.04. The molecule has 4 heteroatoms. The van der Waals surface area contributed by atoms with Crippen LogP contribution in [0.25, 0.3) is 0 Å². The molecule has 0 aromatic heterocycles. The molecular weight excluding hydrogens is 331 g/mol. The lowest BCUT2D eigenvalue weighted by molar-refractivity contribution is 0.151. The second-order valence-corrected chi connectivity index (χ2v) is 6.62. The lowest BCUT2D eigenvalue weighted by Crippen LogP contribution is -2.50. The van der Waals surface area contributed by atoms with E-state index in [1.165, 1.54) is 12.8 Å². The minimum Gasteiger partial charge on any atom is -0.367 e. The highest BCUT2D eigenvalue weighted by Crippen LogP contribution is 2.30. The minimum absolute atomic E-state index is 0.108. The van der Waals surface area contributed by atoms with Crippen molar-refractivity contribution in [1.29, 1.82) is 0 Å². The van der Waals surface area contributed by atoms with E-state index in [0.29, 0.717) is 5.41 Å². The summed E-state index contributed by atoms with van der Waals surface area (Å²) in [4.78, 5) is 4.70. The Kier molecular flexibility index (Phi) is 6.06. The number of nitrogens with zero attached hydrogens (tertiary/aromatic N) is 2. The number of halogens is 2. The number of hydrogen-bond acceptors (Lipinski definition) is 2. The molecule has 2 rings (SSSR count). The molecular formula is C17H26BrFN2. The van der Waals surface area contributed by atoms with Gasteiger partial charge in [-0.1, -0.05) is 41.9 Å². The quantitative estimate of drug-likeness (QED) is 0.706. The van der Waals surface area contributed by atoms with Crippen LogP contribution in [0.15, 0.2) is 24.3 Å². The second kappa shape index (κ2) is 7.59. The summed E-state index contributed by atoms with van der Waals surface area (Å²) in [5, 5.41) is 1.06. The maximum absolute atomic E-state index is 13.8. The van der Waals surface area contributed by atoms with Gasteiger partial charge in [0.25, 0.3) is 0 Å². The molecule has 1 heterocycles. The van der Waals surface area contributed by atoms with Crippen LogP contribution >= 0.6 is 15.9 Å². The van der Waals surface area contributed by atoms with Crippen LogP contribution < -0.4 is 4.90 Å². The second-order valence-electron chi connectivity index (χ2n) is 6.06. The third kappa shape index (κ3) is 3.98. The average molecular weight is 357 g/mol. The average Bonchev–Trinajstić information content (AvgIpc) is 2.54. The molecule has 0 spiro atoms. The van der Waals surface area contributed by atoms with Crippen LogP contribution in [0.4, 0.5) is 10.1 Å². The van der Waals surface area contributed by atoms with Gasteiger partial charge in [-0.2, -0.15) is 0 Å². The van der Waals surface area contributed by atoms with Crippen LogP contribution in [-0.4, -0.2) is 43.0 Å². The number of para-hydroxylation sites is 1. The minimum atomic E-state index is -0.108. The third-order valence-corrected chi connectivity index (χ3v) is 6.10. The summed E-state index contributed by atoms with van der Waals surface area (Å²) in [5.74, 6) is -0.108. The topological polar surface area (TPSA) is 6.48 Å². The Labute approximate surface area is 136 Å². The molecule has 2 nitrogen and oxygen atoms in total. The fourth-order valence-corrected chi connectivity index (χ4v) is 4.00. The van der Waals surface area contributed by atoms with Gasteiger partial charge in [0.1, 0.15) is 5.82 Å². The smallest absolute Gasteiger partial charge is 0.146 e. The Hall–Kier alpha value is -0.610. The van der Waals surface area contributed by atoms with Crippen molar-refractivity contribution in [2.24, 2.45) is 5.41 Å². The van der Waals surface area contributed by atoms with Gasteiger partial charge in [-0.15, -0.1) is 0 Å². The van der Waals surface area contributed by atoms with Crippen molar-refractivity contribution in [2.75, 3.05) is 43.0 Å². The van der Waals surface area contributed by atoms with Gasteiger partial charge >= 0.3 is 0 Å². The van der Waals surface area contributed by atoms with Crippen molar-refractivity contribution in [1.82, 2.24) is 4.90 Å². The summed E-state index contributed by atoms with van der Waals surface area (Å²) in [6, 6.07) is 7.09. The van der Waals surface area contributed by atoms with Crippen molar-refractivity contribution >= 4 is 21.6 Å². The van der Waals surface area contributed by atoms with E-state index in [4.69, 9.17) is 0 Å². The van der Waals surface area contributed by atoms with Crippen molar-refractivity contribution < 1.29 is 4.39 Å². The first-order valence-electron chi connectivity index (χ1n) is 7.92. The molecule has 0 unspecified atom stereocenters. The van der Waals surface area contributed by atoms with E-state index in [0.717, 1.165) is 43.7 Å². The molecule has 0 amide bonds. The predicted octanol–water partition coefficient (Wildman–Crippen LogP) is 4.15. The van der Waals surface area contributed by atoms with Gasteiger partial charge in [-0.05, 0) is 30.4 Å². The summed E-state index contributed by atoms with van der Waals surface area (Å²) in [6.45, 7) is 9.54. The van der Waals surface area contributed by atoms with Crippen LogP contribution in [0.5, 0.6) is 0 Å². The van der Waals surface area contributed by atoms with Gasteiger partial charge in [0.05, 0.1) is 5.69 Å². The molecule has 0 saturated carbocycles. The summed E-state index contributed by atoms with van der Waals surface area (Å²) in [7, 11) is 0. The van der Waals surface area contributed by atoms with Gasteiger partial charge in [0, 0.05) is 38.1 Å². The zero-order valence-electron chi connectivity index (χ0n) is 13.1. The number of alkyl halides is 1. The van der Waals surface area contributed by atoms with E-state index in [-0.39, 0.29) is 5.82 Å². The summed E-state index contributed by atoms with van der Waals surface area (Å²) in [5.41, 5.74) is 1.12. The van der Waals surface area contributed by atoms with Gasteiger partial charge in [0.2, 0.25) is 0 Å². The molecule has 118 valence electrons. The Morgan fingerprint density at radius 1 is 1.10 bits per heavy atom. The van der Waals surface area contributed by atoms with Crippen LogP contribution in [0.1, 0.15) is 26.7 Å². The Bertz CT molecular complexity index is 432. The number of rotatable bonds is 6. The number of benzene rings is 1. The van der Waals surface area contributed by atoms with Crippen molar-refractivity contribution in [3.05, 3.63) is 30.1 Å². The number of hydrogen-bond donors (Lipinski definition) is 0. The highest BCUT2D eigenvalue weighted by molar-refractivity contribution is 9.09. The van der Waals surface area contributed by atoms with E-state index < -0.39 is 0 Å². The van der Waals surface area contributed by atoms with Crippen LogP contribution in [0, 0.1) is 11.2 Å². The van der Waals surface area contributed by atoms with Gasteiger partial charge in [0.15, 0.2) is 0 Å². The Morgan fingerprint density at radius 2 is 1.71 bits per heavy atom. The van der Waals surface area contributed by atoms with E-state index >= 15 is 0 Å². The molecule has 1 saturated heterocycles. The number of piperazine rings is 1. The molecule has 0 atom stereocenters. The third-order valence-electron chi connectivity index (χ3n) is 4.91. The SMILES string of the molecule is CCC(CC)(CBr)CN1CCN(c2ccccc2F)CC1. The first-order chi connectivity index (χ1) is 10.1. The zero-order valence-corrected chi connectivity index (χ0v) is 14.7. The first kappa shape index (κ1) is 16.8. The molecule has 1 aromatic rings. The summed E-state index contributed by atoms with van der Waals surface area (Å²) in [6.07, 6.45) is 2.39. The van der Waals surface area contributed by atoms with E-state index in [2.05, 4.69) is 39.6 Å². The highest BCUT2D eigenvalue weighted by atomic mass is 79.9. The molecule has 0 aliphatic carbocycles. The van der Waals surface area contributed by atoms with Crippen LogP contribution in [0.2, 0.25) is 0 Å². The Balaban J connectivity index is 1.93. The lowest BCUT2D eigenvalue weighted by atomic mass is 9.84. The van der Waals surface area contributed by atoms with Gasteiger partial charge in [-0.3, -0.25) is 4.90 Å². The molecule has 1 aromatic carbocycles. The summed E-state index contributed by atoms with van der Waals surface area (Å²) >= 11 is 3.69. The van der Waals surface area contributed by atoms with Crippen molar-refractivity contribution in [3.8, 4) is 0 Å². The fraction of sp³-hybridized carbons (Fsp3) is 0.647. The monoisotopic (exact) mass is 356 g/mol. The molecule has 1 aliphatic heterocycles. The maximum atomic E-state index is 13.8. The number of anilines is 1. The van der Waals surface area contributed by atoms with Gasteiger partial charge < -0.3 is 4.90 Å². The Morgan fingerprint density at radius 3 is 2.24 bits per heavy atom. The fourth-order valence-electron chi connectivity index (χ4n) is 3.03. The van der Waals surface area contributed by atoms with E-state index in [1.54, 1.807) is 12.1 Å². The van der Waals surface area contributed by atoms with Crippen LogP contribution in [0.3, 0.4) is 0 Å². The molecule has 1 fully saturated rings. The molecule has 0 radical (unpaired) electrons. The molecule has 0 N–H and O–H groups in total. The predicted molar refractivity (Wildman–Crippen MR) is 91.9 cm³/mol.